The Morgan fingerprint density at radius 2 is 2.13 bits per heavy atom. The first-order valence-electron chi connectivity index (χ1n) is 10.2. The summed E-state index contributed by atoms with van der Waals surface area (Å²) in [4.78, 5) is 32.0. The smallest absolute Gasteiger partial charge is 0.239 e. The van der Waals surface area contributed by atoms with Crippen molar-refractivity contribution in [2.24, 2.45) is 0 Å². The molecule has 4 rings (SSSR count). The van der Waals surface area contributed by atoms with E-state index in [1.807, 2.05) is 22.9 Å². The van der Waals surface area contributed by atoms with Gasteiger partial charge in [-0.2, -0.15) is 0 Å². The molecule has 158 valence electrons. The number of amides is 1. The maximum absolute atomic E-state index is 12.7. The molecule has 1 unspecified atom stereocenters. The van der Waals surface area contributed by atoms with Crippen molar-refractivity contribution in [3.63, 3.8) is 0 Å². The van der Waals surface area contributed by atoms with E-state index in [1.54, 1.807) is 23.6 Å². The molecule has 4 heterocycles. The van der Waals surface area contributed by atoms with Crippen LogP contribution in [0.25, 0.3) is 21.4 Å². The molecule has 7 nitrogen and oxygen atoms in total. The lowest BCUT2D eigenvalue weighted by atomic mass is 10.2. The summed E-state index contributed by atoms with van der Waals surface area (Å²) in [7, 11) is 0. The van der Waals surface area contributed by atoms with E-state index in [-0.39, 0.29) is 5.91 Å². The van der Waals surface area contributed by atoms with Crippen LogP contribution in [0.1, 0.15) is 20.3 Å². The van der Waals surface area contributed by atoms with Crippen LogP contribution in [0.2, 0.25) is 0 Å². The normalized spacial score (nSPS) is 17.0. The number of thiazole rings is 1. The molecule has 0 saturated carbocycles. The van der Waals surface area contributed by atoms with Crippen LogP contribution in [0.15, 0.2) is 35.2 Å². The van der Waals surface area contributed by atoms with Gasteiger partial charge in [0.25, 0.3) is 0 Å². The van der Waals surface area contributed by atoms with Gasteiger partial charge in [0.1, 0.15) is 16.5 Å². The standard InChI is InChI=1S/C21H26N6OS2/c1-3-27(4-2)15-7-9-26(13-15)14-19(28)24-18-12-16(21-22-8-11-30-21)23-20(25-18)17-6-5-10-29-17/h5-6,8,10-12,15H,3-4,7,9,13-14H2,1-2H3,(H,23,24,25,28). The fourth-order valence-corrected chi connectivity index (χ4v) is 5.12. The summed E-state index contributed by atoms with van der Waals surface area (Å²) in [5.41, 5.74) is 0.724. The minimum atomic E-state index is -0.0453. The van der Waals surface area contributed by atoms with Crippen LogP contribution in [0.3, 0.4) is 0 Å². The Morgan fingerprint density at radius 3 is 2.83 bits per heavy atom. The van der Waals surface area contributed by atoms with Gasteiger partial charge in [0.05, 0.1) is 11.4 Å². The monoisotopic (exact) mass is 442 g/mol. The molecule has 3 aromatic heterocycles. The summed E-state index contributed by atoms with van der Waals surface area (Å²) in [6.45, 7) is 8.74. The SMILES string of the molecule is CCN(CC)C1CCN(CC(=O)Nc2cc(-c3nccs3)nc(-c3cccs3)n2)C1. The summed E-state index contributed by atoms with van der Waals surface area (Å²) < 4.78 is 0. The number of nitrogens with one attached hydrogen (secondary N) is 1. The third-order valence-corrected chi connectivity index (χ3v) is 6.99. The van der Waals surface area contributed by atoms with Gasteiger partial charge < -0.3 is 5.32 Å². The van der Waals surface area contributed by atoms with Crippen LogP contribution in [0, 0.1) is 0 Å². The lowest BCUT2D eigenvalue weighted by Crippen LogP contribution is -2.39. The fraction of sp³-hybridized carbons (Fsp3) is 0.429. The highest BCUT2D eigenvalue weighted by Crippen LogP contribution is 2.28. The van der Waals surface area contributed by atoms with E-state index < -0.39 is 0 Å². The molecular weight excluding hydrogens is 416 g/mol. The topological polar surface area (TPSA) is 74.2 Å². The van der Waals surface area contributed by atoms with Gasteiger partial charge in [-0.15, -0.1) is 22.7 Å². The van der Waals surface area contributed by atoms with Gasteiger partial charge in [-0.3, -0.25) is 14.6 Å². The van der Waals surface area contributed by atoms with E-state index in [2.05, 4.69) is 43.9 Å². The van der Waals surface area contributed by atoms with Crippen LogP contribution in [0.4, 0.5) is 5.82 Å². The zero-order valence-corrected chi connectivity index (χ0v) is 18.9. The molecule has 1 fully saturated rings. The van der Waals surface area contributed by atoms with E-state index >= 15 is 0 Å². The van der Waals surface area contributed by atoms with Crippen LogP contribution in [-0.4, -0.2) is 69.4 Å². The second-order valence-electron chi connectivity index (χ2n) is 7.22. The lowest BCUT2D eigenvalue weighted by molar-refractivity contribution is -0.117. The van der Waals surface area contributed by atoms with Crippen LogP contribution < -0.4 is 5.32 Å². The van der Waals surface area contributed by atoms with E-state index in [9.17, 15) is 4.79 Å². The third kappa shape index (κ3) is 4.92. The third-order valence-electron chi connectivity index (χ3n) is 5.33. The van der Waals surface area contributed by atoms with E-state index in [0.717, 1.165) is 48.2 Å². The van der Waals surface area contributed by atoms with Gasteiger partial charge in [-0.1, -0.05) is 19.9 Å². The van der Waals surface area contributed by atoms with Gasteiger partial charge in [-0.05, 0) is 31.0 Å². The van der Waals surface area contributed by atoms with Crippen molar-refractivity contribution in [1.82, 2.24) is 24.8 Å². The van der Waals surface area contributed by atoms with Crippen molar-refractivity contribution in [3.05, 3.63) is 35.2 Å². The molecule has 1 aliphatic rings. The highest BCUT2D eigenvalue weighted by Gasteiger charge is 2.27. The Balaban J connectivity index is 1.47. The molecule has 1 amide bonds. The van der Waals surface area contributed by atoms with E-state index in [0.29, 0.717) is 24.2 Å². The van der Waals surface area contributed by atoms with Crippen molar-refractivity contribution in [1.29, 1.82) is 0 Å². The predicted octanol–water partition coefficient (Wildman–Crippen LogP) is 3.68. The number of carbonyl (C=O) groups excluding carboxylic acids is 1. The minimum Gasteiger partial charge on any atom is -0.309 e. The van der Waals surface area contributed by atoms with Crippen LogP contribution in [-0.2, 0) is 4.79 Å². The number of likely N-dealkylation sites (tertiary alicyclic amines) is 1. The molecule has 0 aliphatic carbocycles. The molecule has 1 aliphatic heterocycles. The summed E-state index contributed by atoms with van der Waals surface area (Å²) in [5.74, 6) is 1.08. The molecule has 0 spiro atoms. The minimum absolute atomic E-state index is 0.0453. The maximum Gasteiger partial charge on any atom is 0.239 e. The number of hydrogen-bond donors (Lipinski definition) is 1. The first-order chi connectivity index (χ1) is 14.7. The Hall–Kier alpha value is -2.20. The molecule has 1 saturated heterocycles. The molecule has 9 heteroatoms. The summed E-state index contributed by atoms with van der Waals surface area (Å²) in [6, 6.07) is 6.29. The zero-order valence-electron chi connectivity index (χ0n) is 17.2. The summed E-state index contributed by atoms with van der Waals surface area (Å²) in [6.07, 6.45) is 2.87. The number of hydrogen-bond acceptors (Lipinski definition) is 8. The molecule has 1 atom stereocenters. The van der Waals surface area contributed by atoms with E-state index in [1.165, 1.54) is 11.3 Å². The van der Waals surface area contributed by atoms with Crippen molar-refractivity contribution in [3.8, 4) is 21.4 Å². The predicted molar refractivity (Wildman–Crippen MR) is 123 cm³/mol. The largest absolute Gasteiger partial charge is 0.309 e. The number of carbonyl (C=O) groups is 1. The highest BCUT2D eigenvalue weighted by atomic mass is 32.1. The average Bonchev–Trinajstić information content (AvgIpc) is 3.51. The summed E-state index contributed by atoms with van der Waals surface area (Å²) >= 11 is 3.09. The highest BCUT2D eigenvalue weighted by molar-refractivity contribution is 7.13. The number of nitrogens with zero attached hydrogens (tertiary/aromatic N) is 5. The quantitative estimate of drug-likeness (QED) is 0.574. The molecule has 3 aromatic rings. The first kappa shape index (κ1) is 21.0. The first-order valence-corrected chi connectivity index (χ1v) is 12.0. The molecule has 0 radical (unpaired) electrons. The van der Waals surface area contributed by atoms with Crippen molar-refractivity contribution in [2.75, 3.05) is 38.0 Å². The van der Waals surface area contributed by atoms with Gasteiger partial charge in [0, 0.05) is 36.8 Å². The van der Waals surface area contributed by atoms with Crippen molar-refractivity contribution < 1.29 is 4.79 Å². The van der Waals surface area contributed by atoms with Gasteiger partial charge in [0.2, 0.25) is 5.91 Å². The van der Waals surface area contributed by atoms with Crippen molar-refractivity contribution >= 4 is 34.4 Å². The number of anilines is 1. The van der Waals surface area contributed by atoms with Crippen LogP contribution >= 0.6 is 22.7 Å². The number of rotatable bonds is 8. The molecule has 0 bridgehead atoms. The zero-order chi connectivity index (χ0) is 20.9. The van der Waals surface area contributed by atoms with E-state index in [4.69, 9.17) is 0 Å². The average molecular weight is 443 g/mol. The second kappa shape index (κ2) is 9.74. The molecule has 30 heavy (non-hydrogen) atoms. The Bertz CT molecular complexity index is 904. The number of thiophene rings is 1. The Morgan fingerprint density at radius 1 is 1.27 bits per heavy atom. The number of aromatic nitrogens is 3. The molecule has 0 aromatic carbocycles. The molecular formula is C21H26N6OS2. The van der Waals surface area contributed by atoms with Gasteiger partial charge in [0.15, 0.2) is 5.82 Å². The summed E-state index contributed by atoms with van der Waals surface area (Å²) in [5, 5.41) is 7.70. The fourth-order valence-electron chi connectivity index (χ4n) is 3.87. The maximum atomic E-state index is 12.7. The van der Waals surface area contributed by atoms with Gasteiger partial charge in [-0.25, -0.2) is 15.0 Å². The van der Waals surface area contributed by atoms with Gasteiger partial charge >= 0.3 is 0 Å². The Kier molecular flexibility index (Phi) is 6.83. The van der Waals surface area contributed by atoms with Crippen molar-refractivity contribution in [2.45, 2.75) is 26.3 Å². The molecule has 1 N–H and O–H groups in total. The van der Waals surface area contributed by atoms with Crippen LogP contribution in [0.5, 0.6) is 0 Å². The Labute approximate surface area is 184 Å². The second-order valence-corrected chi connectivity index (χ2v) is 9.07. The lowest BCUT2D eigenvalue weighted by Gasteiger charge is -2.26. The number of likely N-dealkylation sites (N-methyl/N-ethyl adjacent to an activating group) is 1.